The van der Waals surface area contributed by atoms with Crippen molar-refractivity contribution < 1.29 is 4.79 Å². The van der Waals surface area contributed by atoms with Gasteiger partial charge in [0.25, 0.3) is 0 Å². The second-order valence-electron chi connectivity index (χ2n) is 6.57. The van der Waals surface area contributed by atoms with E-state index in [0.29, 0.717) is 0 Å². The molecule has 0 aliphatic carbocycles. The number of carbonyl (C=O) groups is 1. The number of nitrogens with zero attached hydrogens (tertiary/aromatic N) is 4. The summed E-state index contributed by atoms with van der Waals surface area (Å²) < 4.78 is 4.52. The quantitative estimate of drug-likeness (QED) is 0.790. The Labute approximate surface area is 159 Å². The van der Waals surface area contributed by atoms with Crippen molar-refractivity contribution in [2.45, 2.75) is 32.6 Å². The van der Waals surface area contributed by atoms with Crippen LogP contribution in [-0.2, 0) is 6.42 Å². The molecule has 0 atom stereocenters. The summed E-state index contributed by atoms with van der Waals surface area (Å²) in [7, 11) is 0. The molecule has 0 spiro atoms. The molecule has 2 heterocycles. The Hall–Kier alpha value is -2.15. The van der Waals surface area contributed by atoms with Gasteiger partial charge in [-0.25, -0.2) is 9.78 Å². The van der Waals surface area contributed by atoms with Gasteiger partial charge < -0.3 is 15.1 Å². The van der Waals surface area contributed by atoms with Crippen molar-refractivity contribution in [1.29, 1.82) is 0 Å². The maximum Gasteiger partial charge on any atom is 0.317 e. The largest absolute Gasteiger partial charge is 0.345 e. The zero-order valence-corrected chi connectivity index (χ0v) is 16.2. The van der Waals surface area contributed by atoms with Crippen LogP contribution in [0.4, 0.5) is 9.93 Å². The Bertz CT molecular complexity index is 690. The molecule has 2 aromatic rings. The normalized spacial score (nSPS) is 15.0. The summed E-state index contributed by atoms with van der Waals surface area (Å²) in [5.74, 6) is 0.870. The standard InChI is InChI=1S/C19H27N5OS/c1-2-3-10-20-18(25)23-11-7-12-24(14-13-23)19-21-17(22-26-19)15-16-8-5-4-6-9-16/h4-6,8-9H,2-3,7,10-15H2,1H3,(H,20,25). The average Bonchev–Trinajstić information content (AvgIpc) is 2.97. The molecule has 0 saturated carbocycles. The van der Waals surface area contributed by atoms with Crippen LogP contribution in [0.2, 0.25) is 0 Å². The fourth-order valence-corrected chi connectivity index (χ4v) is 3.76. The van der Waals surface area contributed by atoms with Crippen LogP contribution in [-0.4, -0.2) is 53.0 Å². The second kappa shape index (κ2) is 9.52. The van der Waals surface area contributed by atoms with Crippen LogP contribution in [0.25, 0.3) is 0 Å². The molecule has 140 valence electrons. The summed E-state index contributed by atoms with van der Waals surface area (Å²) in [4.78, 5) is 21.1. The molecule has 0 radical (unpaired) electrons. The van der Waals surface area contributed by atoms with Gasteiger partial charge in [-0.3, -0.25) is 0 Å². The molecule has 1 aliphatic rings. The number of urea groups is 1. The van der Waals surface area contributed by atoms with Crippen LogP contribution in [0.5, 0.6) is 0 Å². The predicted octanol–water partition coefficient (Wildman–Crippen LogP) is 3.15. The third-order valence-electron chi connectivity index (χ3n) is 4.52. The smallest absolute Gasteiger partial charge is 0.317 e. The van der Waals surface area contributed by atoms with Gasteiger partial charge in [0.05, 0.1) is 0 Å². The number of hydrogen-bond donors (Lipinski definition) is 1. The highest BCUT2D eigenvalue weighted by Crippen LogP contribution is 2.20. The van der Waals surface area contributed by atoms with Crippen molar-refractivity contribution in [2.24, 2.45) is 0 Å². The number of anilines is 1. The van der Waals surface area contributed by atoms with Crippen molar-refractivity contribution in [3.8, 4) is 0 Å². The van der Waals surface area contributed by atoms with Gasteiger partial charge in [-0.15, -0.1) is 0 Å². The van der Waals surface area contributed by atoms with Crippen molar-refractivity contribution in [2.75, 3.05) is 37.6 Å². The number of amides is 2. The monoisotopic (exact) mass is 373 g/mol. The lowest BCUT2D eigenvalue weighted by atomic mass is 10.1. The molecule has 1 saturated heterocycles. The average molecular weight is 374 g/mol. The number of rotatable bonds is 6. The summed E-state index contributed by atoms with van der Waals surface area (Å²) in [5.41, 5.74) is 1.22. The fraction of sp³-hybridized carbons (Fsp3) is 0.526. The van der Waals surface area contributed by atoms with E-state index in [4.69, 9.17) is 4.98 Å². The molecule has 0 unspecified atom stereocenters. The van der Waals surface area contributed by atoms with Gasteiger partial charge >= 0.3 is 6.03 Å². The second-order valence-corrected chi connectivity index (χ2v) is 7.30. The van der Waals surface area contributed by atoms with Gasteiger partial charge in [0.1, 0.15) is 5.82 Å². The topological polar surface area (TPSA) is 61.4 Å². The molecule has 1 N–H and O–H groups in total. The summed E-state index contributed by atoms with van der Waals surface area (Å²) in [6.45, 7) is 6.13. The molecule has 1 aromatic heterocycles. The Morgan fingerprint density at radius 2 is 2.04 bits per heavy atom. The summed E-state index contributed by atoms with van der Waals surface area (Å²) in [6, 6.07) is 10.4. The lowest BCUT2D eigenvalue weighted by Crippen LogP contribution is -2.42. The molecule has 0 bridgehead atoms. The molecular formula is C19H27N5OS. The Kier molecular flexibility index (Phi) is 6.82. The molecule has 1 fully saturated rings. The lowest BCUT2D eigenvalue weighted by molar-refractivity contribution is 0.201. The summed E-state index contributed by atoms with van der Waals surface area (Å²) >= 11 is 1.46. The molecule has 1 aromatic carbocycles. The van der Waals surface area contributed by atoms with Crippen molar-refractivity contribution >= 4 is 22.7 Å². The van der Waals surface area contributed by atoms with Crippen LogP contribution in [0.15, 0.2) is 30.3 Å². The van der Waals surface area contributed by atoms with Gasteiger partial charge in [0, 0.05) is 50.7 Å². The molecule has 1 aliphatic heterocycles. The first kappa shape index (κ1) is 18.6. The first-order valence-corrected chi connectivity index (χ1v) is 10.2. The Morgan fingerprint density at radius 1 is 1.19 bits per heavy atom. The highest BCUT2D eigenvalue weighted by atomic mass is 32.1. The molecule has 26 heavy (non-hydrogen) atoms. The third-order valence-corrected chi connectivity index (χ3v) is 5.34. The molecule has 3 rings (SSSR count). The van der Waals surface area contributed by atoms with Gasteiger partial charge in [0.15, 0.2) is 0 Å². The molecule has 2 amide bonds. The van der Waals surface area contributed by atoms with Gasteiger partial charge in [0.2, 0.25) is 5.13 Å². The highest BCUT2D eigenvalue weighted by Gasteiger charge is 2.21. The predicted molar refractivity (Wildman–Crippen MR) is 106 cm³/mol. The third kappa shape index (κ3) is 5.17. The van der Waals surface area contributed by atoms with Crippen molar-refractivity contribution in [3.63, 3.8) is 0 Å². The van der Waals surface area contributed by atoms with E-state index in [1.165, 1.54) is 17.1 Å². The van der Waals surface area contributed by atoms with E-state index < -0.39 is 0 Å². The lowest BCUT2D eigenvalue weighted by Gasteiger charge is -2.21. The van der Waals surface area contributed by atoms with E-state index in [0.717, 1.165) is 69.4 Å². The van der Waals surface area contributed by atoms with Gasteiger partial charge in [-0.1, -0.05) is 43.7 Å². The van der Waals surface area contributed by atoms with Gasteiger partial charge in [-0.05, 0) is 18.4 Å². The van der Waals surface area contributed by atoms with E-state index in [9.17, 15) is 4.79 Å². The van der Waals surface area contributed by atoms with E-state index >= 15 is 0 Å². The van der Waals surface area contributed by atoms with Crippen LogP contribution < -0.4 is 10.2 Å². The van der Waals surface area contributed by atoms with Crippen LogP contribution in [0.1, 0.15) is 37.6 Å². The molecular weight excluding hydrogens is 346 g/mol. The summed E-state index contributed by atoms with van der Waals surface area (Å²) in [6.07, 6.45) is 3.84. The number of carbonyl (C=O) groups excluding carboxylic acids is 1. The first-order valence-electron chi connectivity index (χ1n) is 9.40. The minimum absolute atomic E-state index is 0.0577. The highest BCUT2D eigenvalue weighted by molar-refractivity contribution is 7.09. The fourth-order valence-electron chi connectivity index (χ4n) is 3.02. The maximum atomic E-state index is 12.2. The molecule has 6 nitrogen and oxygen atoms in total. The maximum absolute atomic E-state index is 12.2. The minimum Gasteiger partial charge on any atom is -0.345 e. The zero-order chi connectivity index (χ0) is 18.2. The van der Waals surface area contributed by atoms with E-state index in [2.05, 4.69) is 33.6 Å². The number of aromatic nitrogens is 2. The van der Waals surface area contributed by atoms with Crippen molar-refractivity contribution in [1.82, 2.24) is 19.6 Å². The molecule has 7 heteroatoms. The van der Waals surface area contributed by atoms with Crippen LogP contribution >= 0.6 is 11.5 Å². The van der Waals surface area contributed by atoms with Gasteiger partial charge in [-0.2, -0.15) is 4.37 Å². The number of hydrogen-bond acceptors (Lipinski definition) is 5. The van der Waals surface area contributed by atoms with E-state index in [-0.39, 0.29) is 6.03 Å². The minimum atomic E-state index is 0.0577. The first-order chi connectivity index (χ1) is 12.8. The summed E-state index contributed by atoms with van der Waals surface area (Å²) in [5, 5.41) is 3.97. The number of nitrogens with one attached hydrogen (secondary N) is 1. The van der Waals surface area contributed by atoms with E-state index in [1.54, 1.807) is 0 Å². The Morgan fingerprint density at radius 3 is 2.85 bits per heavy atom. The van der Waals surface area contributed by atoms with Crippen LogP contribution in [0.3, 0.4) is 0 Å². The van der Waals surface area contributed by atoms with Crippen LogP contribution in [0, 0.1) is 0 Å². The SMILES string of the molecule is CCCCNC(=O)N1CCCN(c2nc(Cc3ccccc3)ns2)CC1. The Balaban J connectivity index is 1.53. The van der Waals surface area contributed by atoms with Crippen molar-refractivity contribution in [3.05, 3.63) is 41.7 Å². The number of benzene rings is 1. The number of unbranched alkanes of at least 4 members (excludes halogenated alkanes) is 1. The van der Waals surface area contributed by atoms with E-state index in [1.807, 2.05) is 23.1 Å². The zero-order valence-electron chi connectivity index (χ0n) is 15.4.